The highest BCUT2D eigenvalue weighted by Gasteiger charge is 2.46. The molecule has 0 aliphatic carbocycles. The highest BCUT2D eigenvalue weighted by atomic mass is 16.6. The van der Waals surface area contributed by atoms with Gasteiger partial charge >= 0.3 is 17.9 Å². The van der Waals surface area contributed by atoms with Crippen LogP contribution in [-0.4, -0.2) is 60.6 Å². The second kappa shape index (κ2) is 7.20. The zero-order chi connectivity index (χ0) is 15.3. The monoisotopic (exact) mass is 290 g/mol. The number of hydrogen-bond acceptors (Lipinski definition) is 8. The van der Waals surface area contributed by atoms with Crippen molar-refractivity contribution in [2.24, 2.45) is 0 Å². The highest BCUT2D eigenvalue weighted by Crippen LogP contribution is 2.24. The summed E-state index contributed by atoms with van der Waals surface area (Å²) in [5.41, 5.74) is 0. The zero-order valence-corrected chi connectivity index (χ0v) is 11.5. The Morgan fingerprint density at radius 2 is 1.50 bits per heavy atom. The largest absolute Gasteiger partial charge is 0.456 e. The van der Waals surface area contributed by atoms with E-state index in [0.29, 0.717) is 0 Å². The Morgan fingerprint density at radius 1 is 1.00 bits per heavy atom. The van der Waals surface area contributed by atoms with E-state index in [-0.39, 0.29) is 6.61 Å². The maximum atomic E-state index is 11.2. The van der Waals surface area contributed by atoms with E-state index in [2.05, 4.69) is 0 Å². The van der Waals surface area contributed by atoms with E-state index in [4.69, 9.17) is 18.9 Å². The molecule has 0 spiro atoms. The third-order valence-electron chi connectivity index (χ3n) is 2.63. The van der Waals surface area contributed by atoms with Crippen LogP contribution in [0.25, 0.3) is 0 Å². The van der Waals surface area contributed by atoms with Gasteiger partial charge in [0.2, 0.25) is 0 Å². The molecule has 0 amide bonds. The second-order valence-electron chi connectivity index (χ2n) is 4.35. The van der Waals surface area contributed by atoms with Crippen LogP contribution in [0, 0.1) is 0 Å². The first-order chi connectivity index (χ1) is 9.35. The Kier molecular flexibility index (Phi) is 5.90. The van der Waals surface area contributed by atoms with Crippen molar-refractivity contribution in [3.8, 4) is 0 Å². The van der Waals surface area contributed by atoms with Crippen molar-refractivity contribution in [1.29, 1.82) is 0 Å². The van der Waals surface area contributed by atoms with Crippen molar-refractivity contribution in [2.45, 2.75) is 45.2 Å². The normalized spacial score (nSPS) is 29.4. The maximum absolute atomic E-state index is 11.2. The Hall–Kier alpha value is -1.67. The van der Waals surface area contributed by atoms with Crippen molar-refractivity contribution < 1.29 is 38.4 Å². The average Bonchev–Trinajstić information content (AvgIpc) is 2.31. The van der Waals surface area contributed by atoms with Gasteiger partial charge in [0.15, 0.2) is 18.3 Å². The third-order valence-corrected chi connectivity index (χ3v) is 2.63. The van der Waals surface area contributed by atoms with Crippen LogP contribution in [0.15, 0.2) is 0 Å². The lowest BCUT2D eigenvalue weighted by Gasteiger charge is -2.39. The molecule has 0 aromatic rings. The summed E-state index contributed by atoms with van der Waals surface area (Å²) in [6, 6.07) is 0. The van der Waals surface area contributed by atoms with E-state index in [1.54, 1.807) is 0 Å². The molecule has 0 aromatic heterocycles. The SMILES string of the molecule is CC(=O)OC1CO[C@H](CO)[C@@H](OC(C)=O)[C@@H]1OC(C)=O. The van der Waals surface area contributed by atoms with Crippen LogP contribution in [0.3, 0.4) is 0 Å². The fraction of sp³-hybridized carbons (Fsp3) is 0.750. The Balaban J connectivity index is 2.95. The van der Waals surface area contributed by atoms with Crippen molar-refractivity contribution in [1.82, 2.24) is 0 Å². The number of aliphatic hydroxyl groups excluding tert-OH is 1. The van der Waals surface area contributed by atoms with Crippen LogP contribution in [0.4, 0.5) is 0 Å². The zero-order valence-electron chi connectivity index (χ0n) is 11.5. The third kappa shape index (κ3) is 4.46. The fourth-order valence-corrected chi connectivity index (χ4v) is 1.97. The van der Waals surface area contributed by atoms with Gasteiger partial charge in [0.25, 0.3) is 0 Å². The van der Waals surface area contributed by atoms with Crippen molar-refractivity contribution in [3.05, 3.63) is 0 Å². The lowest BCUT2D eigenvalue weighted by atomic mass is 9.99. The standard InChI is InChI=1S/C12H18O8/c1-6(14)18-10-5-17-9(4-13)11(19-7(2)15)12(10)20-8(3)16/h9-13H,4-5H2,1-3H3/t9-,10?,11-,12-/m1/s1. The van der Waals surface area contributed by atoms with Crippen molar-refractivity contribution in [2.75, 3.05) is 13.2 Å². The number of hydrogen-bond donors (Lipinski definition) is 1. The van der Waals surface area contributed by atoms with Gasteiger partial charge in [-0.3, -0.25) is 14.4 Å². The molecule has 20 heavy (non-hydrogen) atoms. The quantitative estimate of drug-likeness (QED) is 0.528. The molecule has 1 N–H and O–H groups in total. The summed E-state index contributed by atoms with van der Waals surface area (Å²) in [4.78, 5) is 33.3. The van der Waals surface area contributed by atoms with Gasteiger partial charge in [-0.2, -0.15) is 0 Å². The van der Waals surface area contributed by atoms with Gasteiger partial charge in [0.05, 0.1) is 13.2 Å². The predicted octanol–water partition coefficient (Wildman–Crippen LogP) is -0.827. The molecule has 1 rings (SSSR count). The molecule has 8 nitrogen and oxygen atoms in total. The van der Waals surface area contributed by atoms with Crippen LogP contribution in [0.1, 0.15) is 20.8 Å². The van der Waals surface area contributed by atoms with Gasteiger partial charge in [-0.15, -0.1) is 0 Å². The summed E-state index contributed by atoms with van der Waals surface area (Å²) >= 11 is 0. The van der Waals surface area contributed by atoms with E-state index in [1.807, 2.05) is 0 Å². The Bertz CT molecular complexity index is 380. The lowest BCUT2D eigenvalue weighted by Crippen LogP contribution is -2.58. The van der Waals surface area contributed by atoms with Crippen LogP contribution in [0.5, 0.6) is 0 Å². The molecule has 0 saturated carbocycles. The summed E-state index contributed by atoms with van der Waals surface area (Å²) in [6.45, 7) is 3.06. The summed E-state index contributed by atoms with van der Waals surface area (Å²) in [6.07, 6.45) is -3.82. The Morgan fingerprint density at radius 3 is 1.95 bits per heavy atom. The molecule has 1 unspecified atom stereocenters. The van der Waals surface area contributed by atoms with Crippen molar-refractivity contribution >= 4 is 17.9 Å². The van der Waals surface area contributed by atoms with E-state index < -0.39 is 48.9 Å². The minimum absolute atomic E-state index is 0.0689. The lowest BCUT2D eigenvalue weighted by molar-refractivity contribution is -0.229. The molecule has 1 aliphatic rings. The average molecular weight is 290 g/mol. The maximum Gasteiger partial charge on any atom is 0.303 e. The summed E-state index contributed by atoms with van der Waals surface area (Å²) in [5.74, 6) is -1.83. The molecule has 8 heteroatoms. The van der Waals surface area contributed by atoms with E-state index in [9.17, 15) is 19.5 Å². The van der Waals surface area contributed by atoms with Crippen LogP contribution in [0.2, 0.25) is 0 Å². The minimum atomic E-state index is -1.04. The number of carbonyl (C=O) groups is 3. The molecular formula is C12H18O8. The smallest absolute Gasteiger partial charge is 0.303 e. The van der Waals surface area contributed by atoms with Gasteiger partial charge in [-0.25, -0.2) is 0 Å². The second-order valence-corrected chi connectivity index (χ2v) is 4.35. The molecule has 1 aliphatic heterocycles. The predicted molar refractivity (Wildman–Crippen MR) is 63.5 cm³/mol. The van der Waals surface area contributed by atoms with Crippen LogP contribution >= 0.6 is 0 Å². The first-order valence-electron chi connectivity index (χ1n) is 6.09. The minimum Gasteiger partial charge on any atom is -0.456 e. The molecule has 114 valence electrons. The highest BCUT2D eigenvalue weighted by molar-refractivity contribution is 5.68. The Labute approximate surface area is 115 Å². The summed E-state index contributed by atoms with van der Waals surface area (Å²) in [7, 11) is 0. The van der Waals surface area contributed by atoms with Gasteiger partial charge < -0.3 is 24.1 Å². The molecule has 4 atom stereocenters. The molecular weight excluding hydrogens is 272 g/mol. The van der Waals surface area contributed by atoms with Crippen molar-refractivity contribution in [3.63, 3.8) is 0 Å². The first-order valence-corrected chi connectivity index (χ1v) is 6.09. The number of carbonyl (C=O) groups excluding carboxylic acids is 3. The van der Waals surface area contributed by atoms with Gasteiger partial charge in [-0.1, -0.05) is 0 Å². The van der Waals surface area contributed by atoms with Gasteiger partial charge in [-0.05, 0) is 0 Å². The number of ether oxygens (including phenoxy) is 4. The van der Waals surface area contributed by atoms with E-state index in [1.165, 1.54) is 20.8 Å². The number of aliphatic hydroxyl groups is 1. The molecule has 1 heterocycles. The molecule has 1 saturated heterocycles. The summed E-state index contributed by atoms with van der Waals surface area (Å²) in [5, 5.41) is 9.23. The van der Waals surface area contributed by atoms with E-state index >= 15 is 0 Å². The van der Waals surface area contributed by atoms with Gasteiger partial charge in [0.1, 0.15) is 6.10 Å². The van der Waals surface area contributed by atoms with Crippen LogP contribution in [-0.2, 0) is 33.3 Å². The molecule has 0 bridgehead atoms. The first kappa shape index (κ1) is 16.4. The fourth-order valence-electron chi connectivity index (χ4n) is 1.97. The van der Waals surface area contributed by atoms with E-state index in [0.717, 1.165) is 0 Å². The van der Waals surface area contributed by atoms with Gasteiger partial charge in [0, 0.05) is 20.8 Å². The number of esters is 3. The van der Waals surface area contributed by atoms with Crippen LogP contribution < -0.4 is 0 Å². The summed E-state index contributed by atoms with van der Waals surface area (Å²) < 4.78 is 20.4. The molecule has 0 radical (unpaired) electrons. The molecule has 0 aromatic carbocycles. The topological polar surface area (TPSA) is 108 Å². The number of rotatable bonds is 4. The molecule has 1 fully saturated rings.